The van der Waals surface area contributed by atoms with Crippen molar-refractivity contribution in [1.82, 2.24) is 0 Å². The summed E-state index contributed by atoms with van der Waals surface area (Å²) in [5, 5.41) is 9.22. The van der Waals surface area contributed by atoms with E-state index in [1.54, 1.807) is 0 Å². The average Bonchev–Trinajstić information content (AvgIpc) is 2.62. The van der Waals surface area contributed by atoms with Crippen LogP contribution in [0.25, 0.3) is 0 Å². The molecule has 0 bridgehead atoms. The van der Waals surface area contributed by atoms with Gasteiger partial charge in [-0.25, -0.2) is 4.79 Å². The quantitative estimate of drug-likeness (QED) is 0.204. The van der Waals surface area contributed by atoms with Gasteiger partial charge in [-0.2, -0.15) is 0 Å². The van der Waals surface area contributed by atoms with Crippen LogP contribution in [-0.2, 0) is 14.3 Å². The summed E-state index contributed by atoms with van der Waals surface area (Å²) in [6.07, 6.45) is 17.1. The van der Waals surface area contributed by atoms with Crippen LogP contribution in [0, 0.1) is 0 Å². The number of carbonyl (C=O) groups excluding carboxylic acids is 1. The second-order valence-corrected chi connectivity index (χ2v) is 7.45. The summed E-state index contributed by atoms with van der Waals surface area (Å²) >= 11 is 0. The fraction of sp³-hybridized carbons (Fsp3) is 0.909. The standard InChI is InChI=1S/C22H42O4/c1-3-5-7-9-11-12-13-15-17-19-21(23)26-20(22(24)25)18-16-14-10-8-6-4-2/h20H,3-19H2,1-2H3,(H,24,25). The van der Waals surface area contributed by atoms with Crippen LogP contribution in [0.15, 0.2) is 0 Å². The van der Waals surface area contributed by atoms with E-state index in [0.29, 0.717) is 12.8 Å². The van der Waals surface area contributed by atoms with E-state index in [2.05, 4.69) is 13.8 Å². The molecule has 154 valence electrons. The maximum atomic E-state index is 11.9. The van der Waals surface area contributed by atoms with Crippen LogP contribution < -0.4 is 0 Å². The van der Waals surface area contributed by atoms with Gasteiger partial charge in [-0.3, -0.25) is 4.79 Å². The topological polar surface area (TPSA) is 63.6 Å². The van der Waals surface area contributed by atoms with Crippen molar-refractivity contribution in [3.05, 3.63) is 0 Å². The van der Waals surface area contributed by atoms with E-state index in [1.807, 2.05) is 0 Å². The summed E-state index contributed by atoms with van der Waals surface area (Å²) in [7, 11) is 0. The molecular weight excluding hydrogens is 328 g/mol. The molecule has 0 fully saturated rings. The van der Waals surface area contributed by atoms with E-state index in [0.717, 1.165) is 38.5 Å². The molecule has 0 aliphatic rings. The zero-order valence-corrected chi connectivity index (χ0v) is 17.3. The van der Waals surface area contributed by atoms with Crippen molar-refractivity contribution in [1.29, 1.82) is 0 Å². The Morgan fingerprint density at radius 2 is 1.12 bits per heavy atom. The largest absolute Gasteiger partial charge is 0.479 e. The van der Waals surface area contributed by atoms with Crippen LogP contribution in [0.3, 0.4) is 0 Å². The number of carboxylic acids is 1. The van der Waals surface area contributed by atoms with Crippen LogP contribution >= 0.6 is 0 Å². The van der Waals surface area contributed by atoms with Gasteiger partial charge in [0.2, 0.25) is 0 Å². The Balaban J connectivity index is 3.67. The van der Waals surface area contributed by atoms with E-state index in [1.165, 1.54) is 57.8 Å². The highest BCUT2D eigenvalue weighted by atomic mass is 16.6. The van der Waals surface area contributed by atoms with E-state index < -0.39 is 12.1 Å². The summed E-state index contributed by atoms with van der Waals surface area (Å²) in [5.41, 5.74) is 0. The Bertz CT molecular complexity index is 341. The van der Waals surface area contributed by atoms with Gasteiger partial charge in [-0.15, -0.1) is 0 Å². The summed E-state index contributed by atoms with van der Waals surface area (Å²) in [5.74, 6) is -1.37. The Hall–Kier alpha value is -1.06. The van der Waals surface area contributed by atoms with Crippen LogP contribution in [0.2, 0.25) is 0 Å². The number of carboxylic acid groups (broad SMARTS) is 1. The van der Waals surface area contributed by atoms with E-state index in [9.17, 15) is 14.7 Å². The normalized spacial score (nSPS) is 12.1. The molecule has 0 heterocycles. The minimum absolute atomic E-state index is 0.343. The fourth-order valence-electron chi connectivity index (χ4n) is 3.14. The van der Waals surface area contributed by atoms with E-state index >= 15 is 0 Å². The lowest BCUT2D eigenvalue weighted by Gasteiger charge is -2.13. The number of unbranched alkanes of at least 4 members (excludes halogenated alkanes) is 13. The number of ether oxygens (including phenoxy) is 1. The zero-order valence-electron chi connectivity index (χ0n) is 17.3. The summed E-state index contributed by atoms with van der Waals surface area (Å²) in [6.45, 7) is 4.40. The van der Waals surface area contributed by atoms with Crippen molar-refractivity contribution in [2.24, 2.45) is 0 Å². The van der Waals surface area contributed by atoms with Gasteiger partial charge in [0, 0.05) is 6.42 Å². The lowest BCUT2D eigenvalue weighted by Crippen LogP contribution is -2.27. The third-order valence-corrected chi connectivity index (χ3v) is 4.85. The third kappa shape index (κ3) is 16.4. The first-order chi connectivity index (χ1) is 12.6. The molecule has 0 aromatic heterocycles. The molecular formula is C22H42O4. The van der Waals surface area contributed by atoms with E-state index in [4.69, 9.17) is 4.74 Å². The van der Waals surface area contributed by atoms with Crippen LogP contribution in [0.4, 0.5) is 0 Å². The molecule has 0 rings (SSSR count). The zero-order chi connectivity index (χ0) is 19.5. The SMILES string of the molecule is CCCCCCCCCCCC(=O)OC(CCCCCCCC)C(=O)O. The molecule has 4 nitrogen and oxygen atoms in total. The van der Waals surface area contributed by atoms with Gasteiger partial charge in [-0.1, -0.05) is 97.3 Å². The average molecular weight is 371 g/mol. The number of hydrogen-bond donors (Lipinski definition) is 1. The Labute approximate surface area is 161 Å². The highest BCUT2D eigenvalue weighted by molar-refractivity contribution is 5.77. The maximum Gasteiger partial charge on any atom is 0.345 e. The van der Waals surface area contributed by atoms with Crippen molar-refractivity contribution in [2.75, 3.05) is 0 Å². The van der Waals surface area contributed by atoms with Gasteiger partial charge in [0.05, 0.1) is 0 Å². The summed E-state index contributed by atoms with van der Waals surface area (Å²) in [4.78, 5) is 23.1. The molecule has 0 spiro atoms. The number of hydrogen-bond acceptors (Lipinski definition) is 3. The molecule has 1 N–H and O–H groups in total. The van der Waals surface area contributed by atoms with E-state index in [-0.39, 0.29) is 5.97 Å². The number of rotatable bonds is 19. The predicted molar refractivity (Wildman–Crippen MR) is 107 cm³/mol. The molecule has 1 atom stereocenters. The van der Waals surface area contributed by atoms with Gasteiger partial charge < -0.3 is 9.84 Å². The lowest BCUT2D eigenvalue weighted by molar-refractivity contribution is -0.164. The molecule has 0 aromatic carbocycles. The van der Waals surface area contributed by atoms with Crippen molar-refractivity contribution in [3.63, 3.8) is 0 Å². The van der Waals surface area contributed by atoms with Gasteiger partial charge in [0.1, 0.15) is 0 Å². The summed E-state index contributed by atoms with van der Waals surface area (Å²) in [6, 6.07) is 0. The van der Waals surface area contributed by atoms with Gasteiger partial charge in [0.25, 0.3) is 0 Å². The second kappa shape index (κ2) is 18.7. The monoisotopic (exact) mass is 370 g/mol. The number of esters is 1. The van der Waals surface area contributed by atoms with Gasteiger partial charge >= 0.3 is 11.9 Å². The van der Waals surface area contributed by atoms with Crippen LogP contribution in [0.5, 0.6) is 0 Å². The Kier molecular flexibility index (Phi) is 18.0. The van der Waals surface area contributed by atoms with Crippen molar-refractivity contribution in [3.8, 4) is 0 Å². The lowest BCUT2D eigenvalue weighted by atomic mass is 10.1. The molecule has 0 aliphatic carbocycles. The van der Waals surface area contributed by atoms with Crippen molar-refractivity contribution >= 4 is 11.9 Å². The number of carbonyl (C=O) groups is 2. The fourth-order valence-corrected chi connectivity index (χ4v) is 3.14. The molecule has 1 unspecified atom stereocenters. The van der Waals surface area contributed by atoms with Crippen molar-refractivity contribution in [2.45, 2.75) is 129 Å². The Morgan fingerprint density at radius 1 is 0.692 bits per heavy atom. The molecule has 0 saturated heterocycles. The molecule has 0 aliphatic heterocycles. The maximum absolute atomic E-state index is 11.9. The molecule has 0 amide bonds. The van der Waals surface area contributed by atoms with Crippen LogP contribution in [-0.4, -0.2) is 23.1 Å². The highest BCUT2D eigenvalue weighted by Crippen LogP contribution is 2.14. The van der Waals surface area contributed by atoms with Gasteiger partial charge in [0.15, 0.2) is 6.10 Å². The first-order valence-electron chi connectivity index (χ1n) is 11.0. The third-order valence-electron chi connectivity index (χ3n) is 4.85. The first kappa shape index (κ1) is 24.9. The Morgan fingerprint density at radius 3 is 1.58 bits per heavy atom. The molecule has 4 heteroatoms. The summed E-state index contributed by atoms with van der Waals surface area (Å²) < 4.78 is 5.17. The molecule has 26 heavy (non-hydrogen) atoms. The molecule has 0 aromatic rings. The van der Waals surface area contributed by atoms with Crippen molar-refractivity contribution < 1.29 is 19.4 Å². The smallest absolute Gasteiger partial charge is 0.345 e. The minimum Gasteiger partial charge on any atom is -0.479 e. The second-order valence-electron chi connectivity index (χ2n) is 7.45. The van der Waals surface area contributed by atoms with Gasteiger partial charge in [-0.05, 0) is 19.3 Å². The molecule has 0 saturated carbocycles. The molecule has 0 radical (unpaired) electrons. The predicted octanol–water partition coefficient (Wildman–Crippen LogP) is 6.65. The first-order valence-corrected chi connectivity index (χ1v) is 11.0. The van der Waals surface area contributed by atoms with Crippen LogP contribution in [0.1, 0.15) is 123 Å². The number of aliphatic carboxylic acids is 1. The highest BCUT2D eigenvalue weighted by Gasteiger charge is 2.21. The minimum atomic E-state index is -1.01.